The molecule has 18 heavy (non-hydrogen) atoms. The minimum atomic E-state index is -0.813. The maximum absolute atomic E-state index is 11.1. The molecule has 0 aliphatic carbocycles. The van der Waals surface area contributed by atoms with Crippen LogP contribution in [0.1, 0.15) is 0 Å². The molecule has 98 valence electrons. The second-order valence-corrected chi connectivity index (χ2v) is 2.87. The van der Waals surface area contributed by atoms with Crippen molar-refractivity contribution < 1.29 is 9.59 Å². The molecule has 0 bridgehead atoms. The zero-order valence-corrected chi connectivity index (χ0v) is 9.07. The van der Waals surface area contributed by atoms with E-state index < -0.39 is 12.1 Å². The van der Waals surface area contributed by atoms with E-state index in [0.29, 0.717) is 10.0 Å². The van der Waals surface area contributed by atoms with Gasteiger partial charge in [0.15, 0.2) is 11.6 Å². The third kappa shape index (κ3) is 2.77. The molecule has 0 aliphatic rings. The van der Waals surface area contributed by atoms with Gasteiger partial charge in [0.2, 0.25) is 0 Å². The molecule has 1 heterocycles. The summed E-state index contributed by atoms with van der Waals surface area (Å²) < 4.78 is 0. The van der Waals surface area contributed by atoms with Crippen LogP contribution in [-0.4, -0.2) is 22.0 Å². The first kappa shape index (κ1) is 13.5. The number of rotatable bonds is 2. The maximum Gasteiger partial charge on any atom is 0.351 e. The third-order valence-corrected chi connectivity index (χ3v) is 1.82. The minimum Gasteiger partial charge on any atom is -0.274 e. The van der Waals surface area contributed by atoms with Crippen LogP contribution in [0.3, 0.4) is 0 Å². The lowest BCUT2D eigenvalue weighted by Crippen LogP contribution is -2.49. The SMILES string of the molecule is NNC(=O)N(N)c1cc(N(N)C(=O)NN)ncn1. The molecule has 10 N–H and O–H groups in total. The molecule has 1 aromatic heterocycles. The number of nitrogens with zero attached hydrogens (tertiary/aromatic N) is 4. The van der Waals surface area contributed by atoms with E-state index in [1.54, 1.807) is 10.9 Å². The molecule has 4 amide bonds. The van der Waals surface area contributed by atoms with Crippen LogP contribution < -0.4 is 44.2 Å². The summed E-state index contributed by atoms with van der Waals surface area (Å²) in [7, 11) is 0. The zero-order chi connectivity index (χ0) is 13.7. The minimum absolute atomic E-state index is 0.0248. The summed E-state index contributed by atoms with van der Waals surface area (Å²) >= 11 is 0. The number of carbonyl (C=O) groups is 2. The Morgan fingerprint density at radius 2 is 1.39 bits per heavy atom. The fraction of sp³-hybridized carbons (Fsp3) is 0. The van der Waals surface area contributed by atoms with E-state index in [9.17, 15) is 9.59 Å². The topological polar surface area (TPSA) is 195 Å². The number of amides is 4. The average Bonchev–Trinajstić information content (AvgIpc) is 2.43. The van der Waals surface area contributed by atoms with Gasteiger partial charge >= 0.3 is 12.1 Å². The number of carbonyl (C=O) groups excluding carboxylic acids is 2. The number of hydrazine groups is 4. The standard InChI is InChI=1S/C6H12N10O2/c7-13-5(17)15(9)3-1-4(12-2-11-3)16(10)6(18)14-8/h1-2H,7-10H2,(H,13,17)(H,14,18). The highest BCUT2D eigenvalue weighted by molar-refractivity contribution is 5.92. The molecule has 0 saturated carbocycles. The summed E-state index contributed by atoms with van der Waals surface area (Å²) in [6.45, 7) is 0. The van der Waals surface area contributed by atoms with Gasteiger partial charge in [-0.15, -0.1) is 0 Å². The largest absolute Gasteiger partial charge is 0.351 e. The van der Waals surface area contributed by atoms with E-state index in [2.05, 4.69) is 9.97 Å². The van der Waals surface area contributed by atoms with Crippen molar-refractivity contribution in [3.05, 3.63) is 12.4 Å². The number of nitrogens with two attached hydrogens (primary N) is 4. The molecular formula is C6H12N10O2. The maximum atomic E-state index is 11.1. The Hall–Kier alpha value is -2.54. The third-order valence-electron chi connectivity index (χ3n) is 1.82. The summed E-state index contributed by atoms with van der Waals surface area (Å²) in [6.07, 6.45) is 1.05. The fourth-order valence-corrected chi connectivity index (χ4v) is 0.948. The summed E-state index contributed by atoms with van der Waals surface area (Å²) in [5.41, 5.74) is 3.61. The van der Waals surface area contributed by atoms with Gasteiger partial charge in [-0.1, -0.05) is 0 Å². The number of urea groups is 2. The van der Waals surface area contributed by atoms with Crippen LogP contribution in [0.4, 0.5) is 21.2 Å². The quantitative estimate of drug-likeness (QED) is 0.183. The first-order chi connectivity index (χ1) is 8.51. The first-order valence-electron chi connectivity index (χ1n) is 4.44. The predicted octanol–water partition coefficient (Wildman–Crippen LogP) is -3.00. The predicted molar refractivity (Wildman–Crippen MR) is 60.8 cm³/mol. The van der Waals surface area contributed by atoms with Crippen molar-refractivity contribution in [1.29, 1.82) is 0 Å². The molecule has 0 unspecified atom stereocenters. The summed E-state index contributed by atoms with van der Waals surface area (Å²) in [6, 6.07) is -0.442. The first-order valence-corrected chi connectivity index (χ1v) is 4.44. The van der Waals surface area contributed by atoms with Gasteiger partial charge in [0.25, 0.3) is 0 Å². The Balaban J connectivity index is 2.99. The lowest BCUT2D eigenvalue weighted by molar-refractivity contribution is 0.246. The normalized spacial score (nSPS) is 9.56. The van der Waals surface area contributed by atoms with E-state index in [1.165, 1.54) is 6.07 Å². The van der Waals surface area contributed by atoms with Gasteiger partial charge < -0.3 is 0 Å². The van der Waals surface area contributed by atoms with Gasteiger partial charge in [-0.2, -0.15) is 0 Å². The summed E-state index contributed by atoms with van der Waals surface area (Å²) in [5.74, 6) is 20.5. The van der Waals surface area contributed by atoms with Crippen molar-refractivity contribution in [1.82, 2.24) is 20.8 Å². The number of aromatic nitrogens is 2. The molecule has 1 rings (SSSR count). The smallest absolute Gasteiger partial charge is 0.274 e. The van der Waals surface area contributed by atoms with Crippen LogP contribution in [0.15, 0.2) is 12.4 Å². The van der Waals surface area contributed by atoms with Crippen LogP contribution in [0.5, 0.6) is 0 Å². The van der Waals surface area contributed by atoms with Gasteiger partial charge in [0.1, 0.15) is 6.33 Å². The molecule has 0 atom stereocenters. The fourth-order valence-electron chi connectivity index (χ4n) is 0.948. The molecular weight excluding hydrogens is 244 g/mol. The number of anilines is 2. The number of hydrogen-bond donors (Lipinski definition) is 6. The monoisotopic (exact) mass is 256 g/mol. The van der Waals surface area contributed by atoms with Crippen molar-refractivity contribution in [2.24, 2.45) is 23.4 Å². The van der Waals surface area contributed by atoms with Crippen LogP contribution in [0, 0.1) is 0 Å². The van der Waals surface area contributed by atoms with Crippen molar-refractivity contribution in [2.75, 3.05) is 10.0 Å². The van der Waals surface area contributed by atoms with Gasteiger partial charge in [-0.3, -0.25) is 10.9 Å². The Kier molecular flexibility index (Phi) is 4.27. The Morgan fingerprint density at radius 3 is 1.72 bits per heavy atom. The second-order valence-electron chi connectivity index (χ2n) is 2.87. The van der Waals surface area contributed by atoms with Gasteiger partial charge in [0, 0.05) is 6.07 Å². The molecule has 0 spiro atoms. The van der Waals surface area contributed by atoms with Gasteiger partial charge in [-0.05, 0) is 0 Å². The van der Waals surface area contributed by atoms with Gasteiger partial charge in [-0.25, -0.2) is 52.9 Å². The Labute approximate surface area is 101 Å². The van der Waals surface area contributed by atoms with E-state index in [-0.39, 0.29) is 11.6 Å². The molecule has 1 aromatic rings. The lowest BCUT2D eigenvalue weighted by Gasteiger charge is -2.18. The highest BCUT2D eigenvalue weighted by atomic mass is 16.2. The van der Waals surface area contributed by atoms with Crippen molar-refractivity contribution >= 4 is 23.7 Å². The van der Waals surface area contributed by atoms with E-state index in [4.69, 9.17) is 23.4 Å². The molecule has 12 nitrogen and oxygen atoms in total. The van der Waals surface area contributed by atoms with Crippen molar-refractivity contribution in [2.45, 2.75) is 0 Å². The van der Waals surface area contributed by atoms with Crippen LogP contribution in [-0.2, 0) is 0 Å². The summed E-state index contributed by atoms with van der Waals surface area (Å²) in [4.78, 5) is 29.7. The van der Waals surface area contributed by atoms with Crippen LogP contribution in [0.2, 0.25) is 0 Å². The molecule has 0 radical (unpaired) electrons. The lowest BCUT2D eigenvalue weighted by atomic mass is 10.5. The highest BCUT2D eigenvalue weighted by Gasteiger charge is 2.16. The molecule has 12 heteroatoms. The zero-order valence-electron chi connectivity index (χ0n) is 9.07. The van der Waals surface area contributed by atoms with Crippen molar-refractivity contribution in [3.8, 4) is 0 Å². The Bertz CT molecular complexity index is 412. The summed E-state index contributed by atoms with van der Waals surface area (Å²) in [5, 5.41) is 1.22. The van der Waals surface area contributed by atoms with E-state index >= 15 is 0 Å². The molecule has 0 aromatic carbocycles. The highest BCUT2D eigenvalue weighted by Crippen LogP contribution is 2.13. The second kappa shape index (κ2) is 5.69. The van der Waals surface area contributed by atoms with Crippen LogP contribution in [0.25, 0.3) is 0 Å². The van der Waals surface area contributed by atoms with E-state index in [1.807, 2.05) is 0 Å². The number of hydrogen-bond acceptors (Lipinski definition) is 8. The molecule has 0 fully saturated rings. The van der Waals surface area contributed by atoms with Crippen molar-refractivity contribution in [3.63, 3.8) is 0 Å². The van der Waals surface area contributed by atoms with Crippen LogP contribution >= 0.6 is 0 Å². The number of nitrogens with one attached hydrogen (secondary N) is 2. The van der Waals surface area contributed by atoms with E-state index in [0.717, 1.165) is 6.33 Å². The van der Waals surface area contributed by atoms with Gasteiger partial charge in [0.05, 0.1) is 0 Å². The molecule has 0 aliphatic heterocycles. The average molecular weight is 256 g/mol. The Morgan fingerprint density at radius 1 is 1.00 bits per heavy atom. The molecule has 0 saturated heterocycles.